The number of carbonyl (C=O) groups excluding carboxylic acids is 1. The first-order valence-electron chi connectivity index (χ1n) is 6.49. The number of nitrogens with zero attached hydrogens (tertiary/aromatic N) is 2. The van der Waals surface area contributed by atoms with Gasteiger partial charge in [0.15, 0.2) is 0 Å². The molecule has 1 aliphatic rings. The topological polar surface area (TPSA) is 62.1 Å². The Balaban J connectivity index is 2.40. The summed E-state index contributed by atoms with van der Waals surface area (Å²) in [5, 5.41) is 14.5. The van der Waals surface area contributed by atoms with Gasteiger partial charge in [-0.25, -0.2) is 13.6 Å². The Morgan fingerprint density at radius 1 is 1.48 bits per heavy atom. The maximum atomic E-state index is 13.8. The van der Waals surface area contributed by atoms with E-state index in [1.54, 1.807) is 37.3 Å². The number of hydrogen-bond donors (Lipinski definition) is 1. The summed E-state index contributed by atoms with van der Waals surface area (Å²) in [6.45, 7) is 2.08. The molecular formula is C14H16F2N2O3. The Labute approximate surface area is 120 Å². The minimum Gasteiger partial charge on any atom is -0.448 e. The molecule has 0 bridgehead atoms. The molecule has 7 heteroatoms. The number of halogens is 2. The van der Waals surface area contributed by atoms with Gasteiger partial charge >= 0.3 is 6.09 Å². The van der Waals surface area contributed by atoms with Crippen molar-refractivity contribution in [3.05, 3.63) is 35.9 Å². The molecule has 1 N–H and O–H groups in total. The molecule has 1 amide bonds. The van der Waals surface area contributed by atoms with Gasteiger partial charge in [0.1, 0.15) is 0 Å². The zero-order valence-corrected chi connectivity index (χ0v) is 11.7. The van der Waals surface area contributed by atoms with Crippen LogP contribution in [0.3, 0.4) is 0 Å². The van der Waals surface area contributed by atoms with Crippen LogP contribution in [0.15, 0.2) is 35.4 Å². The van der Waals surface area contributed by atoms with Crippen molar-refractivity contribution < 1.29 is 23.4 Å². The zero-order chi connectivity index (χ0) is 15.7. The highest BCUT2D eigenvalue weighted by Crippen LogP contribution is 2.40. The number of aliphatic hydroxyl groups is 1. The predicted molar refractivity (Wildman–Crippen MR) is 72.0 cm³/mol. The second kappa shape index (κ2) is 5.40. The standard InChI is InChI=1S/C14H16F2N2O3/c1-3-21-12(19)18-14(20,13(2,15)16)9-11(17-18)10-7-5-4-6-8-10/h4-8,20H,3,9H2,1-2H3. The molecule has 2 rings (SSSR count). The molecule has 1 aromatic carbocycles. The van der Waals surface area contributed by atoms with Crippen LogP contribution in [0.5, 0.6) is 0 Å². The highest BCUT2D eigenvalue weighted by Gasteiger charge is 2.59. The number of amides is 1. The number of carbonyl (C=O) groups is 1. The zero-order valence-electron chi connectivity index (χ0n) is 11.7. The molecule has 1 aliphatic heterocycles. The summed E-state index contributed by atoms with van der Waals surface area (Å²) in [7, 11) is 0. The Morgan fingerprint density at radius 2 is 2.10 bits per heavy atom. The van der Waals surface area contributed by atoms with Gasteiger partial charge in [-0.05, 0) is 12.5 Å². The molecule has 5 nitrogen and oxygen atoms in total. The third-order valence-corrected chi connectivity index (χ3v) is 3.24. The van der Waals surface area contributed by atoms with Crippen molar-refractivity contribution in [3.63, 3.8) is 0 Å². The Hall–Kier alpha value is -2.02. The molecule has 21 heavy (non-hydrogen) atoms. The molecule has 1 heterocycles. The van der Waals surface area contributed by atoms with Crippen molar-refractivity contribution in [2.45, 2.75) is 31.9 Å². The van der Waals surface area contributed by atoms with Gasteiger partial charge in [0.2, 0.25) is 5.72 Å². The van der Waals surface area contributed by atoms with Crippen molar-refractivity contribution in [1.29, 1.82) is 0 Å². The molecule has 0 fully saturated rings. The first-order valence-corrected chi connectivity index (χ1v) is 6.49. The third kappa shape index (κ3) is 2.73. The van der Waals surface area contributed by atoms with Crippen LogP contribution in [0.1, 0.15) is 25.8 Å². The van der Waals surface area contributed by atoms with E-state index in [2.05, 4.69) is 9.84 Å². The van der Waals surface area contributed by atoms with Gasteiger partial charge in [0.05, 0.1) is 12.3 Å². The number of alkyl halides is 2. The fourth-order valence-corrected chi connectivity index (χ4v) is 2.06. The lowest BCUT2D eigenvalue weighted by molar-refractivity contribution is -0.226. The number of hydrazone groups is 1. The monoisotopic (exact) mass is 298 g/mol. The van der Waals surface area contributed by atoms with Crippen molar-refractivity contribution in [2.75, 3.05) is 6.61 Å². The molecule has 0 spiro atoms. The van der Waals surface area contributed by atoms with E-state index in [0.29, 0.717) is 17.5 Å². The molecule has 0 saturated carbocycles. The van der Waals surface area contributed by atoms with Crippen LogP contribution in [0, 0.1) is 0 Å². The van der Waals surface area contributed by atoms with E-state index in [1.165, 1.54) is 0 Å². The second-order valence-electron chi connectivity index (χ2n) is 4.81. The second-order valence-corrected chi connectivity index (χ2v) is 4.81. The number of benzene rings is 1. The lowest BCUT2D eigenvalue weighted by atomic mass is 9.97. The normalized spacial score (nSPS) is 22.1. The summed E-state index contributed by atoms with van der Waals surface area (Å²) >= 11 is 0. The minimum atomic E-state index is -3.56. The van der Waals surface area contributed by atoms with E-state index in [9.17, 15) is 18.7 Å². The third-order valence-electron chi connectivity index (χ3n) is 3.24. The average molecular weight is 298 g/mol. The summed E-state index contributed by atoms with van der Waals surface area (Å²) < 4.78 is 32.2. The van der Waals surface area contributed by atoms with E-state index in [4.69, 9.17) is 0 Å². The van der Waals surface area contributed by atoms with Crippen molar-refractivity contribution in [1.82, 2.24) is 5.01 Å². The average Bonchev–Trinajstić information content (AvgIpc) is 2.79. The first kappa shape index (κ1) is 15.4. The molecule has 114 valence electrons. The van der Waals surface area contributed by atoms with Crippen LogP contribution in [-0.4, -0.2) is 40.2 Å². The Morgan fingerprint density at radius 3 is 2.62 bits per heavy atom. The van der Waals surface area contributed by atoms with E-state index in [1.807, 2.05) is 0 Å². The summed E-state index contributed by atoms with van der Waals surface area (Å²) in [4.78, 5) is 11.8. The van der Waals surface area contributed by atoms with Crippen LogP contribution in [0.4, 0.5) is 13.6 Å². The van der Waals surface area contributed by atoms with Gasteiger partial charge in [-0.1, -0.05) is 30.3 Å². The fraction of sp³-hybridized carbons (Fsp3) is 0.429. The SMILES string of the molecule is CCOC(=O)N1N=C(c2ccccc2)CC1(O)C(C)(F)F. The van der Waals surface area contributed by atoms with E-state index < -0.39 is 24.2 Å². The summed E-state index contributed by atoms with van der Waals surface area (Å²) in [5.74, 6) is -3.56. The largest absolute Gasteiger partial charge is 0.448 e. The number of hydrogen-bond acceptors (Lipinski definition) is 4. The molecule has 0 saturated heterocycles. The molecule has 1 aromatic rings. The highest BCUT2D eigenvalue weighted by molar-refractivity contribution is 6.03. The quantitative estimate of drug-likeness (QED) is 0.933. The maximum Gasteiger partial charge on any atom is 0.433 e. The predicted octanol–water partition coefficient (Wildman–Crippen LogP) is 2.60. The molecular weight excluding hydrogens is 282 g/mol. The molecule has 0 aliphatic carbocycles. The molecule has 1 unspecified atom stereocenters. The van der Waals surface area contributed by atoms with Crippen LogP contribution >= 0.6 is 0 Å². The van der Waals surface area contributed by atoms with Gasteiger partial charge < -0.3 is 9.84 Å². The Bertz CT molecular complexity index is 557. The van der Waals surface area contributed by atoms with Gasteiger partial charge in [-0.15, -0.1) is 0 Å². The van der Waals surface area contributed by atoms with Crippen molar-refractivity contribution in [2.24, 2.45) is 5.10 Å². The summed E-state index contributed by atoms with van der Waals surface area (Å²) in [6.07, 6.45) is -1.58. The first-order chi connectivity index (χ1) is 9.79. The van der Waals surface area contributed by atoms with E-state index >= 15 is 0 Å². The maximum absolute atomic E-state index is 13.8. The van der Waals surface area contributed by atoms with Crippen molar-refractivity contribution >= 4 is 11.8 Å². The van der Waals surface area contributed by atoms with Crippen LogP contribution in [-0.2, 0) is 4.74 Å². The lowest BCUT2D eigenvalue weighted by Gasteiger charge is -2.34. The number of rotatable bonds is 3. The van der Waals surface area contributed by atoms with Crippen LogP contribution in [0.25, 0.3) is 0 Å². The minimum absolute atomic E-state index is 0.00309. The van der Waals surface area contributed by atoms with E-state index in [0.717, 1.165) is 0 Å². The van der Waals surface area contributed by atoms with Crippen LogP contribution in [0.2, 0.25) is 0 Å². The Kier molecular flexibility index (Phi) is 3.95. The fourth-order valence-electron chi connectivity index (χ4n) is 2.06. The molecule has 0 radical (unpaired) electrons. The van der Waals surface area contributed by atoms with Gasteiger partial charge in [0.25, 0.3) is 5.92 Å². The molecule has 1 atom stereocenters. The smallest absolute Gasteiger partial charge is 0.433 e. The summed E-state index contributed by atoms with van der Waals surface area (Å²) in [6, 6.07) is 8.54. The van der Waals surface area contributed by atoms with Gasteiger partial charge in [-0.2, -0.15) is 10.1 Å². The van der Waals surface area contributed by atoms with Gasteiger partial charge in [0, 0.05) is 13.3 Å². The molecule has 0 aromatic heterocycles. The van der Waals surface area contributed by atoms with Crippen molar-refractivity contribution in [3.8, 4) is 0 Å². The van der Waals surface area contributed by atoms with Crippen LogP contribution < -0.4 is 0 Å². The van der Waals surface area contributed by atoms with E-state index in [-0.39, 0.29) is 12.3 Å². The number of ether oxygens (including phenoxy) is 1. The summed E-state index contributed by atoms with van der Waals surface area (Å²) in [5.41, 5.74) is -1.97. The lowest BCUT2D eigenvalue weighted by Crippen LogP contribution is -2.57. The highest BCUT2D eigenvalue weighted by atomic mass is 19.3. The van der Waals surface area contributed by atoms with Gasteiger partial charge in [-0.3, -0.25) is 0 Å².